The van der Waals surface area contributed by atoms with Crippen molar-refractivity contribution in [3.05, 3.63) is 69.4 Å². The van der Waals surface area contributed by atoms with E-state index in [0.717, 1.165) is 0 Å². The molecule has 0 saturated carbocycles. The average Bonchev–Trinajstić information content (AvgIpc) is 3.26. The first-order valence-corrected chi connectivity index (χ1v) is 7.04. The summed E-state index contributed by atoms with van der Waals surface area (Å²) in [5.41, 5.74) is 20.3. The molecule has 0 unspecified atom stereocenters. The number of aromatic nitrogens is 6. The maximum absolute atomic E-state index is 9.12. The van der Waals surface area contributed by atoms with Crippen molar-refractivity contribution in [3.8, 4) is 0 Å². The topological polar surface area (TPSA) is 159 Å². The van der Waals surface area contributed by atoms with Crippen molar-refractivity contribution in [1.29, 1.82) is 0 Å². The molecule has 0 aliphatic carbocycles. The van der Waals surface area contributed by atoms with E-state index in [1.165, 1.54) is 9.36 Å². The third kappa shape index (κ3) is 2.03. The summed E-state index contributed by atoms with van der Waals surface area (Å²) < 4.78 is 2.42. The molecule has 4 aromatic rings. The Morgan fingerprint density at radius 1 is 0.760 bits per heavy atom. The number of azide groups is 1. The zero-order valence-electron chi connectivity index (χ0n) is 12.5. The summed E-state index contributed by atoms with van der Waals surface area (Å²) in [6.45, 7) is 0. The van der Waals surface area contributed by atoms with Crippen LogP contribution in [0.4, 0.5) is 0 Å². The van der Waals surface area contributed by atoms with Crippen LogP contribution < -0.4 is 0 Å². The van der Waals surface area contributed by atoms with Gasteiger partial charge in [-0.2, -0.15) is 0 Å². The number of fused-ring (bicyclic) bond motifs is 2. The van der Waals surface area contributed by atoms with Crippen LogP contribution in [0.2, 0.25) is 0 Å². The molecule has 120 valence electrons. The summed E-state index contributed by atoms with van der Waals surface area (Å²) in [5, 5.41) is 23.5. The molecule has 0 atom stereocenters. The fourth-order valence-electron chi connectivity index (χ4n) is 2.58. The lowest BCUT2D eigenvalue weighted by Gasteiger charge is -2.24. The van der Waals surface area contributed by atoms with Crippen LogP contribution in [0.1, 0.15) is 0 Å². The van der Waals surface area contributed by atoms with Gasteiger partial charge in [0.15, 0.2) is 0 Å². The molecule has 2 aromatic carbocycles. The van der Waals surface area contributed by atoms with E-state index in [1.54, 1.807) is 48.5 Å². The Morgan fingerprint density at radius 3 is 1.64 bits per heavy atom. The molecule has 12 nitrogen and oxygen atoms in total. The molecule has 12 heteroatoms. The van der Waals surface area contributed by atoms with Crippen molar-refractivity contribution >= 4 is 22.1 Å². The summed E-state index contributed by atoms with van der Waals surface area (Å²) in [7, 11) is 0. The van der Waals surface area contributed by atoms with Gasteiger partial charge in [-0.3, -0.25) is 0 Å². The zero-order valence-corrected chi connectivity index (χ0v) is 12.5. The van der Waals surface area contributed by atoms with Gasteiger partial charge in [0.2, 0.25) is 0 Å². The van der Waals surface area contributed by atoms with Crippen LogP contribution in [0, 0.1) is 0 Å². The molecular formula is C13H8N12. The first kappa shape index (κ1) is 14.5. The highest BCUT2D eigenvalue weighted by atomic mass is 15.7. The minimum Gasteiger partial charge on any atom is -0.205 e. The van der Waals surface area contributed by atoms with Crippen LogP contribution in [-0.2, 0) is 5.91 Å². The minimum absolute atomic E-state index is 0.502. The van der Waals surface area contributed by atoms with E-state index in [1.807, 2.05) is 0 Å². The number of hydrogen-bond acceptors (Lipinski definition) is 6. The summed E-state index contributed by atoms with van der Waals surface area (Å²) in [4.78, 5) is 5.67. The van der Waals surface area contributed by atoms with E-state index >= 15 is 0 Å². The Morgan fingerprint density at radius 2 is 1.20 bits per heavy atom. The van der Waals surface area contributed by atoms with Crippen molar-refractivity contribution in [2.24, 2.45) is 10.2 Å². The van der Waals surface area contributed by atoms with Crippen molar-refractivity contribution in [2.75, 3.05) is 0 Å². The standard InChI is InChI=1S/C13H8N12/c14-20-18-13(19-21-15,24-11-7-3-1-5-9(11)16-22-24)25-12-8-4-2-6-10(12)17-23-25/h1-8H. The molecule has 0 bridgehead atoms. The second-order valence-electron chi connectivity index (χ2n) is 4.96. The Hall–Kier alpha value is -4.14. The lowest BCUT2D eigenvalue weighted by atomic mass is 10.3. The van der Waals surface area contributed by atoms with Crippen molar-refractivity contribution < 1.29 is 0 Å². The van der Waals surface area contributed by atoms with E-state index in [9.17, 15) is 0 Å². The number of para-hydroxylation sites is 2. The number of hydrogen-bond donors (Lipinski definition) is 0. The molecule has 4 rings (SSSR count). The van der Waals surface area contributed by atoms with Gasteiger partial charge in [0, 0.05) is 9.82 Å². The fraction of sp³-hybridized carbons (Fsp3) is 0.0769. The van der Waals surface area contributed by atoms with Crippen LogP contribution in [-0.4, -0.2) is 30.0 Å². The SMILES string of the molecule is [N-]=[N+]=NC(N=[N+]=[N-])(n1nnc2ccccc21)n1nnc2ccccc21. The Bertz CT molecular complexity index is 1080. The van der Waals surface area contributed by atoms with Crippen LogP contribution in [0.3, 0.4) is 0 Å². The first-order valence-electron chi connectivity index (χ1n) is 7.04. The van der Waals surface area contributed by atoms with Crippen LogP contribution >= 0.6 is 0 Å². The molecule has 0 aliphatic rings. The van der Waals surface area contributed by atoms with Crippen LogP contribution in [0.5, 0.6) is 0 Å². The molecule has 0 N–H and O–H groups in total. The van der Waals surface area contributed by atoms with Gasteiger partial charge in [-0.05, 0) is 45.6 Å². The molecule has 0 fully saturated rings. The van der Waals surface area contributed by atoms with Gasteiger partial charge in [0.05, 0.1) is 11.0 Å². The normalized spacial score (nSPS) is 11.2. The molecule has 0 spiro atoms. The third-order valence-electron chi connectivity index (χ3n) is 3.63. The quantitative estimate of drug-likeness (QED) is 0.319. The number of nitrogens with zero attached hydrogens (tertiary/aromatic N) is 12. The summed E-state index contributed by atoms with van der Waals surface area (Å²) in [5.74, 6) is -1.99. The number of rotatable bonds is 4. The molecule has 25 heavy (non-hydrogen) atoms. The maximum Gasteiger partial charge on any atom is 0.315 e. The van der Waals surface area contributed by atoms with E-state index in [4.69, 9.17) is 11.1 Å². The molecule has 2 heterocycles. The van der Waals surface area contributed by atoms with Gasteiger partial charge < -0.3 is 0 Å². The summed E-state index contributed by atoms with van der Waals surface area (Å²) in [6, 6.07) is 14.0. The highest BCUT2D eigenvalue weighted by Gasteiger charge is 2.38. The average molecular weight is 332 g/mol. The lowest BCUT2D eigenvalue weighted by Crippen LogP contribution is -2.38. The second-order valence-corrected chi connectivity index (χ2v) is 4.96. The van der Waals surface area contributed by atoms with Gasteiger partial charge in [-0.15, -0.1) is 10.2 Å². The monoisotopic (exact) mass is 332 g/mol. The molecule has 2 aromatic heterocycles. The summed E-state index contributed by atoms with van der Waals surface area (Å²) in [6.07, 6.45) is 0. The van der Waals surface area contributed by atoms with Crippen LogP contribution in [0.25, 0.3) is 43.0 Å². The Kier molecular flexibility index (Phi) is 3.18. The largest absolute Gasteiger partial charge is 0.315 e. The molecule has 0 radical (unpaired) electrons. The predicted octanol–water partition coefficient (Wildman–Crippen LogP) is 2.91. The summed E-state index contributed by atoms with van der Waals surface area (Å²) >= 11 is 0. The smallest absolute Gasteiger partial charge is 0.205 e. The number of benzene rings is 2. The van der Waals surface area contributed by atoms with Gasteiger partial charge in [-0.25, -0.2) is 9.36 Å². The van der Waals surface area contributed by atoms with Gasteiger partial charge in [0.1, 0.15) is 11.0 Å². The highest BCUT2D eigenvalue weighted by Crippen LogP contribution is 2.29. The second kappa shape index (κ2) is 5.49. The molecule has 0 saturated heterocycles. The van der Waals surface area contributed by atoms with Gasteiger partial charge in [0.25, 0.3) is 0 Å². The van der Waals surface area contributed by atoms with E-state index in [0.29, 0.717) is 22.1 Å². The molecule has 0 aliphatic heterocycles. The highest BCUT2D eigenvalue weighted by molar-refractivity contribution is 5.76. The van der Waals surface area contributed by atoms with E-state index in [2.05, 4.69) is 40.7 Å². The van der Waals surface area contributed by atoms with Crippen molar-refractivity contribution in [2.45, 2.75) is 5.91 Å². The van der Waals surface area contributed by atoms with E-state index < -0.39 is 5.91 Å². The van der Waals surface area contributed by atoms with Gasteiger partial charge in [-0.1, -0.05) is 34.7 Å². The molecule has 0 amide bonds. The maximum atomic E-state index is 9.12. The van der Waals surface area contributed by atoms with Crippen molar-refractivity contribution in [3.63, 3.8) is 0 Å². The first-order chi connectivity index (χ1) is 12.3. The minimum atomic E-state index is -1.99. The van der Waals surface area contributed by atoms with Crippen LogP contribution in [0.15, 0.2) is 58.8 Å². The lowest BCUT2D eigenvalue weighted by molar-refractivity contribution is 0.205. The Balaban J connectivity index is 2.14. The van der Waals surface area contributed by atoms with Crippen molar-refractivity contribution in [1.82, 2.24) is 30.0 Å². The molecular weight excluding hydrogens is 324 g/mol. The van der Waals surface area contributed by atoms with E-state index in [-0.39, 0.29) is 0 Å². The van der Waals surface area contributed by atoms with Gasteiger partial charge >= 0.3 is 5.91 Å². The third-order valence-corrected chi connectivity index (χ3v) is 3.63. The zero-order chi connectivity index (χ0) is 17.3. The Labute approximate surface area is 138 Å². The fourth-order valence-corrected chi connectivity index (χ4v) is 2.58. The predicted molar refractivity (Wildman–Crippen MR) is 86.7 cm³/mol.